The van der Waals surface area contributed by atoms with Gasteiger partial charge in [-0.05, 0) is 24.3 Å². The third kappa shape index (κ3) is 3.04. The number of benzene rings is 1. The second kappa shape index (κ2) is 5.21. The summed E-state index contributed by atoms with van der Waals surface area (Å²) in [4.78, 5) is 11.0. The summed E-state index contributed by atoms with van der Waals surface area (Å²) in [5.41, 5.74) is 2.43. The van der Waals surface area contributed by atoms with Crippen LogP contribution in [0.4, 0.5) is 5.69 Å². The molecule has 0 fully saturated rings. The Morgan fingerprint density at radius 2 is 2.07 bits per heavy atom. The Hall–Kier alpha value is -1.59. The first-order chi connectivity index (χ1) is 6.76. The van der Waals surface area contributed by atoms with Gasteiger partial charge < -0.3 is 15.3 Å². The SMILES string of the molecule is COc1ccc(NC(=O)CNO)cc1. The number of hydrogen-bond acceptors (Lipinski definition) is 4. The van der Waals surface area contributed by atoms with Crippen LogP contribution in [-0.2, 0) is 4.79 Å². The Labute approximate surface area is 81.6 Å². The predicted molar refractivity (Wildman–Crippen MR) is 51.4 cm³/mol. The van der Waals surface area contributed by atoms with Crippen molar-refractivity contribution in [2.45, 2.75) is 0 Å². The molecule has 0 radical (unpaired) electrons. The van der Waals surface area contributed by atoms with Crippen molar-refractivity contribution >= 4 is 11.6 Å². The smallest absolute Gasteiger partial charge is 0.240 e. The Morgan fingerprint density at radius 3 is 2.57 bits per heavy atom. The average molecular weight is 196 g/mol. The van der Waals surface area contributed by atoms with Gasteiger partial charge in [0.25, 0.3) is 0 Å². The van der Waals surface area contributed by atoms with Crippen LogP contribution in [0.1, 0.15) is 0 Å². The second-order valence-electron chi connectivity index (χ2n) is 2.61. The molecule has 0 unspecified atom stereocenters. The van der Waals surface area contributed by atoms with Gasteiger partial charge in [-0.1, -0.05) is 0 Å². The van der Waals surface area contributed by atoms with Crippen LogP contribution in [0.5, 0.6) is 5.75 Å². The lowest BCUT2D eigenvalue weighted by molar-refractivity contribution is -0.116. The third-order valence-corrected chi connectivity index (χ3v) is 1.61. The van der Waals surface area contributed by atoms with Crippen molar-refractivity contribution in [3.05, 3.63) is 24.3 Å². The van der Waals surface area contributed by atoms with Crippen molar-refractivity contribution in [3.8, 4) is 5.75 Å². The molecule has 1 amide bonds. The standard InChI is InChI=1S/C9H12N2O3/c1-14-8-4-2-7(3-5-8)11-9(12)6-10-13/h2-5,10,13H,6H2,1H3,(H,11,12). The first kappa shape index (κ1) is 10.5. The summed E-state index contributed by atoms with van der Waals surface area (Å²) in [5.74, 6) is 0.418. The van der Waals surface area contributed by atoms with E-state index in [0.717, 1.165) is 5.75 Å². The number of methoxy groups -OCH3 is 1. The van der Waals surface area contributed by atoms with E-state index in [0.29, 0.717) is 5.69 Å². The quantitative estimate of drug-likeness (QED) is 0.617. The Kier molecular flexibility index (Phi) is 3.90. The van der Waals surface area contributed by atoms with E-state index in [1.165, 1.54) is 0 Å². The minimum absolute atomic E-state index is 0.133. The summed E-state index contributed by atoms with van der Waals surface area (Å²) in [6.07, 6.45) is 0. The van der Waals surface area contributed by atoms with Crippen molar-refractivity contribution in [1.29, 1.82) is 0 Å². The predicted octanol–water partition coefficient (Wildman–Crippen LogP) is 0.612. The summed E-state index contributed by atoms with van der Waals surface area (Å²) in [6, 6.07) is 6.91. The van der Waals surface area contributed by atoms with Crippen molar-refractivity contribution in [2.24, 2.45) is 0 Å². The normalized spacial score (nSPS) is 9.57. The number of nitrogens with one attached hydrogen (secondary N) is 2. The molecule has 3 N–H and O–H groups in total. The van der Waals surface area contributed by atoms with Gasteiger partial charge in [0.05, 0.1) is 7.11 Å². The summed E-state index contributed by atoms with van der Waals surface area (Å²) in [5, 5.41) is 10.8. The molecule has 0 bridgehead atoms. The van der Waals surface area contributed by atoms with E-state index in [2.05, 4.69) is 5.32 Å². The van der Waals surface area contributed by atoms with E-state index < -0.39 is 0 Å². The van der Waals surface area contributed by atoms with Crippen LogP contribution in [0, 0.1) is 0 Å². The molecule has 14 heavy (non-hydrogen) atoms. The molecule has 5 heteroatoms. The largest absolute Gasteiger partial charge is 0.497 e. The zero-order valence-electron chi connectivity index (χ0n) is 7.78. The van der Waals surface area contributed by atoms with E-state index in [1.807, 2.05) is 0 Å². The fourth-order valence-corrected chi connectivity index (χ4v) is 0.951. The van der Waals surface area contributed by atoms with Crippen molar-refractivity contribution in [3.63, 3.8) is 0 Å². The first-order valence-electron chi connectivity index (χ1n) is 4.07. The van der Waals surface area contributed by atoms with E-state index in [4.69, 9.17) is 9.94 Å². The van der Waals surface area contributed by atoms with Crippen molar-refractivity contribution in [2.75, 3.05) is 19.0 Å². The Bertz CT molecular complexity index is 297. The molecular formula is C9H12N2O3. The fourth-order valence-electron chi connectivity index (χ4n) is 0.951. The maximum atomic E-state index is 11.0. The van der Waals surface area contributed by atoms with Gasteiger partial charge in [0.1, 0.15) is 12.3 Å². The number of hydrogen-bond donors (Lipinski definition) is 3. The molecule has 0 aromatic heterocycles. The van der Waals surface area contributed by atoms with Gasteiger partial charge in [-0.2, -0.15) is 5.48 Å². The molecule has 0 aliphatic carbocycles. The van der Waals surface area contributed by atoms with E-state index in [9.17, 15) is 4.79 Å². The van der Waals surface area contributed by atoms with Gasteiger partial charge in [0.15, 0.2) is 0 Å². The van der Waals surface area contributed by atoms with E-state index in [1.54, 1.807) is 36.9 Å². The van der Waals surface area contributed by atoms with E-state index >= 15 is 0 Å². The number of anilines is 1. The molecule has 76 valence electrons. The molecule has 0 atom stereocenters. The lowest BCUT2D eigenvalue weighted by Crippen LogP contribution is -2.25. The molecule has 1 aromatic carbocycles. The lowest BCUT2D eigenvalue weighted by Gasteiger charge is -2.05. The van der Waals surface area contributed by atoms with Gasteiger partial charge in [-0.15, -0.1) is 0 Å². The maximum Gasteiger partial charge on any atom is 0.240 e. The van der Waals surface area contributed by atoms with Crippen LogP contribution in [-0.4, -0.2) is 24.8 Å². The maximum absolute atomic E-state index is 11.0. The number of ether oxygens (including phenoxy) is 1. The third-order valence-electron chi connectivity index (χ3n) is 1.61. The molecule has 1 aromatic rings. The van der Waals surface area contributed by atoms with Crippen LogP contribution in [0.25, 0.3) is 0 Å². The van der Waals surface area contributed by atoms with Crippen LogP contribution < -0.4 is 15.5 Å². The zero-order chi connectivity index (χ0) is 10.4. The number of hydroxylamine groups is 1. The lowest BCUT2D eigenvalue weighted by atomic mass is 10.3. The second-order valence-corrected chi connectivity index (χ2v) is 2.61. The average Bonchev–Trinajstić information content (AvgIpc) is 2.19. The number of carbonyl (C=O) groups is 1. The van der Waals surface area contributed by atoms with Gasteiger partial charge in [-0.25, -0.2) is 0 Å². The van der Waals surface area contributed by atoms with Crippen molar-refractivity contribution < 1.29 is 14.7 Å². The van der Waals surface area contributed by atoms with Gasteiger partial charge in [0, 0.05) is 5.69 Å². The van der Waals surface area contributed by atoms with Crippen LogP contribution in [0.15, 0.2) is 24.3 Å². The molecule has 0 heterocycles. The molecular weight excluding hydrogens is 184 g/mol. The highest BCUT2D eigenvalue weighted by Gasteiger charge is 2.00. The monoisotopic (exact) mass is 196 g/mol. The number of carbonyl (C=O) groups excluding carboxylic acids is 1. The summed E-state index contributed by atoms with van der Waals surface area (Å²) in [7, 11) is 1.57. The van der Waals surface area contributed by atoms with E-state index in [-0.39, 0.29) is 12.5 Å². The summed E-state index contributed by atoms with van der Waals surface area (Å²) in [6.45, 7) is -0.133. The highest BCUT2D eigenvalue weighted by molar-refractivity contribution is 5.92. The number of rotatable bonds is 4. The number of amides is 1. The van der Waals surface area contributed by atoms with Gasteiger partial charge in [-0.3, -0.25) is 4.79 Å². The van der Waals surface area contributed by atoms with Crippen molar-refractivity contribution in [1.82, 2.24) is 5.48 Å². The topological polar surface area (TPSA) is 70.6 Å². The first-order valence-corrected chi connectivity index (χ1v) is 4.07. The molecule has 0 spiro atoms. The molecule has 0 saturated heterocycles. The van der Waals surface area contributed by atoms with Crippen LogP contribution >= 0.6 is 0 Å². The molecule has 0 aliphatic heterocycles. The molecule has 1 rings (SSSR count). The molecule has 0 saturated carbocycles. The Balaban J connectivity index is 2.55. The van der Waals surface area contributed by atoms with Gasteiger partial charge in [0.2, 0.25) is 5.91 Å². The minimum Gasteiger partial charge on any atom is -0.497 e. The van der Waals surface area contributed by atoms with Crippen LogP contribution in [0.2, 0.25) is 0 Å². The van der Waals surface area contributed by atoms with Crippen LogP contribution in [0.3, 0.4) is 0 Å². The summed E-state index contributed by atoms with van der Waals surface area (Å²) < 4.78 is 4.96. The summed E-state index contributed by atoms with van der Waals surface area (Å²) >= 11 is 0. The minimum atomic E-state index is -0.308. The van der Waals surface area contributed by atoms with Gasteiger partial charge >= 0.3 is 0 Å². The fraction of sp³-hybridized carbons (Fsp3) is 0.222. The zero-order valence-corrected chi connectivity index (χ0v) is 7.78. The highest BCUT2D eigenvalue weighted by Crippen LogP contribution is 2.14. The Morgan fingerprint density at radius 1 is 1.43 bits per heavy atom. The highest BCUT2D eigenvalue weighted by atomic mass is 16.5. The molecule has 5 nitrogen and oxygen atoms in total. The molecule has 0 aliphatic rings.